The summed E-state index contributed by atoms with van der Waals surface area (Å²) < 4.78 is 5.53. The van der Waals surface area contributed by atoms with Gasteiger partial charge in [-0.3, -0.25) is 4.79 Å². The molecule has 1 aromatic heterocycles. The Hall–Kier alpha value is -3.15. The van der Waals surface area contributed by atoms with Crippen molar-refractivity contribution < 1.29 is 9.32 Å². The molecule has 6 heteroatoms. The van der Waals surface area contributed by atoms with Crippen LogP contribution in [0.3, 0.4) is 0 Å². The zero-order valence-corrected chi connectivity index (χ0v) is 16.5. The van der Waals surface area contributed by atoms with Gasteiger partial charge in [0, 0.05) is 43.0 Å². The van der Waals surface area contributed by atoms with E-state index in [1.165, 1.54) is 24.1 Å². The molecule has 0 radical (unpaired) electrons. The topological polar surface area (TPSA) is 62.5 Å². The van der Waals surface area contributed by atoms with Gasteiger partial charge in [0.15, 0.2) is 0 Å². The second-order valence-electron chi connectivity index (χ2n) is 7.94. The number of hydrogen-bond donors (Lipinski definition) is 0. The zero-order valence-electron chi connectivity index (χ0n) is 16.5. The fourth-order valence-electron chi connectivity index (χ4n) is 4.16. The molecule has 148 valence electrons. The molecule has 3 heterocycles. The number of aryl methyl sites for hydroxylation is 1. The van der Waals surface area contributed by atoms with E-state index in [1.807, 2.05) is 43.3 Å². The zero-order chi connectivity index (χ0) is 19.8. The van der Waals surface area contributed by atoms with Crippen LogP contribution in [0.25, 0.3) is 11.4 Å². The third kappa shape index (κ3) is 3.50. The summed E-state index contributed by atoms with van der Waals surface area (Å²) in [7, 11) is 0. The molecular weight excluding hydrogens is 364 g/mol. The van der Waals surface area contributed by atoms with E-state index in [4.69, 9.17) is 4.52 Å². The van der Waals surface area contributed by atoms with E-state index < -0.39 is 0 Å². The minimum atomic E-state index is -0.0751. The molecule has 2 aliphatic rings. The number of aromatic nitrogens is 2. The van der Waals surface area contributed by atoms with Crippen LogP contribution in [0.15, 0.2) is 53.1 Å². The third-order valence-electron chi connectivity index (χ3n) is 5.86. The molecule has 2 fully saturated rings. The van der Waals surface area contributed by atoms with Gasteiger partial charge >= 0.3 is 0 Å². The van der Waals surface area contributed by atoms with E-state index in [1.54, 1.807) is 4.90 Å². The van der Waals surface area contributed by atoms with Crippen molar-refractivity contribution in [1.82, 2.24) is 10.1 Å². The Morgan fingerprint density at radius 1 is 0.966 bits per heavy atom. The molecule has 2 aromatic carbocycles. The Bertz CT molecular complexity index is 1000. The average molecular weight is 388 g/mol. The first-order valence-electron chi connectivity index (χ1n) is 10.2. The molecule has 1 atom stereocenters. The highest BCUT2D eigenvalue weighted by Crippen LogP contribution is 2.32. The summed E-state index contributed by atoms with van der Waals surface area (Å²) in [5, 5.41) is 4.16. The number of rotatable bonds is 4. The molecule has 0 N–H and O–H groups in total. The molecular formula is C23H24N4O2. The van der Waals surface area contributed by atoms with Crippen LogP contribution in [0.2, 0.25) is 0 Å². The highest BCUT2D eigenvalue weighted by atomic mass is 16.5. The van der Waals surface area contributed by atoms with Crippen molar-refractivity contribution in [3.05, 3.63) is 60.0 Å². The molecule has 5 rings (SSSR count). The molecule has 6 nitrogen and oxygen atoms in total. The van der Waals surface area contributed by atoms with Gasteiger partial charge in [0.25, 0.3) is 0 Å². The largest absolute Gasteiger partial charge is 0.372 e. The van der Waals surface area contributed by atoms with Gasteiger partial charge in [-0.25, -0.2) is 0 Å². The van der Waals surface area contributed by atoms with E-state index in [0.29, 0.717) is 24.7 Å². The Morgan fingerprint density at radius 3 is 2.38 bits per heavy atom. The molecule has 3 aromatic rings. The second kappa shape index (κ2) is 7.35. The van der Waals surface area contributed by atoms with Gasteiger partial charge < -0.3 is 14.3 Å². The molecule has 1 unspecified atom stereocenters. The van der Waals surface area contributed by atoms with Crippen LogP contribution in [-0.2, 0) is 4.79 Å². The second-order valence-corrected chi connectivity index (χ2v) is 7.94. The molecule has 2 aliphatic heterocycles. The number of hydrogen-bond acceptors (Lipinski definition) is 5. The van der Waals surface area contributed by atoms with Crippen LogP contribution in [-0.4, -0.2) is 35.7 Å². The van der Waals surface area contributed by atoms with Crippen LogP contribution >= 0.6 is 0 Å². The summed E-state index contributed by atoms with van der Waals surface area (Å²) >= 11 is 0. The van der Waals surface area contributed by atoms with Crippen molar-refractivity contribution in [3.8, 4) is 11.4 Å². The van der Waals surface area contributed by atoms with Crippen LogP contribution in [0.1, 0.15) is 36.6 Å². The van der Waals surface area contributed by atoms with Crippen LogP contribution in [0, 0.1) is 6.92 Å². The summed E-state index contributed by atoms with van der Waals surface area (Å²) in [5.41, 5.74) is 4.27. The van der Waals surface area contributed by atoms with E-state index in [-0.39, 0.29) is 11.8 Å². The minimum Gasteiger partial charge on any atom is -0.372 e. The van der Waals surface area contributed by atoms with Crippen molar-refractivity contribution in [2.75, 3.05) is 29.4 Å². The van der Waals surface area contributed by atoms with Crippen molar-refractivity contribution in [3.63, 3.8) is 0 Å². The predicted molar refractivity (Wildman–Crippen MR) is 112 cm³/mol. The molecule has 0 saturated carbocycles. The fourth-order valence-corrected chi connectivity index (χ4v) is 4.16. The molecule has 29 heavy (non-hydrogen) atoms. The van der Waals surface area contributed by atoms with Crippen molar-refractivity contribution in [2.45, 2.75) is 32.1 Å². The van der Waals surface area contributed by atoms with Gasteiger partial charge in [-0.15, -0.1) is 0 Å². The number of carbonyl (C=O) groups excluding carboxylic acids is 1. The standard InChI is InChI=1S/C23H24N4O2/c1-16-4-8-20(9-5-16)27-15-18(14-21(27)28)23-24-22(25-29-23)17-6-10-19(11-7-17)26-12-2-3-13-26/h4-11,18H,2-3,12-15H2,1H3. The average Bonchev–Trinajstić information content (AvgIpc) is 3.50. The minimum absolute atomic E-state index is 0.0751. The van der Waals surface area contributed by atoms with E-state index in [2.05, 4.69) is 27.2 Å². The SMILES string of the molecule is Cc1ccc(N2CC(c3nc(-c4ccc(N5CCCC5)cc4)no3)CC2=O)cc1. The maximum atomic E-state index is 12.5. The van der Waals surface area contributed by atoms with E-state index >= 15 is 0 Å². The van der Waals surface area contributed by atoms with Crippen LogP contribution < -0.4 is 9.80 Å². The normalized spacial score (nSPS) is 19.3. The molecule has 2 saturated heterocycles. The Kier molecular flexibility index (Phi) is 4.54. The first kappa shape index (κ1) is 17.9. The summed E-state index contributed by atoms with van der Waals surface area (Å²) in [5.74, 6) is 1.13. The van der Waals surface area contributed by atoms with Crippen molar-refractivity contribution in [2.24, 2.45) is 0 Å². The van der Waals surface area contributed by atoms with E-state index in [0.717, 1.165) is 24.3 Å². The van der Waals surface area contributed by atoms with Crippen molar-refractivity contribution >= 4 is 17.3 Å². The third-order valence-corrected chi connectivity index (χ3v) is 5.86. The summed E-state index contributed by atoms with van der Waals surface area (Å²) in [6, 6.07) is 16.3. The number of anilines is 2. The maximum absolute atomic E-state index is 12.5. The smallest absolute Gasteiger partial charge is 0.232 e. The van der Waals surface area contributed by atoms with Crippen LogP contribution in [0.4, 0.5) is 11.4 Å². The Morgan fingerprint density at radius 2 is 1.66 bits per heavy atom. The summed E-state index contributed by atoms with van der Waals surface area (Å²) in [6.45, 7) is 4.85. The lowest BCUT2D eigenvalue weighted by Crippen LogP contribution is -2.24. The summed E-state index contributed by atoms with van der Waals surface area (Å²) in [6.07, 6.45) is 2.91. The van der Waals surface area contributed by atoms with E-state index in [9.17, 15) is 4.79 Å². The van der Waals surface area contributed by atoms with Gasteiger partial charge in [0.1, 0.15) is 0 Å². The summed E-state index contributed by atoms with van der Waals surface area (Å²) in [4.78, 5) is 21.3. The lowest BCUT2D eigenvalue weighted by Gasteiger charge is -2.17. The van der Waals surface area contributed by atoms with Gasteiger partial charge in [-0.2, -0.15) is 4.98 Å². The molecule has 0 aliphatic carbocycles. The van der Waals surface area contributed by atoms with Gasteiger partial charge in [-0.05, 0) is 56.2 Å². The van der Waals surface area contributed by atoms with Crippen LogP contribution in [0.5, 0.6) is 0 Å². The predicted octanol–water partition coefficient (Wildman–Crippen LogP) is 4.17. The highest BCUT2D eigenvalue weighted by Gasteiger charge is 2.35. The fraction of sp³-hybridized carbons (Fsp3) is 0.348. The molecule has 0 spiro atoms. The quantitative estimate of drug-likeness (QED) is 0.671. The number of benzene rings is 2. The first-order chi connectivity index (χ1) is 14.2. The number of amides is 1. The number of carbonyl (C=O) groups is 1. The first-order valence-corrected chi connectivity index (χ1v) is 10.2. The highest BCUT2D eigenvalue weighted by molar-refractivity contribution is 5.96. The maximum Gasteiger partial charge on any atom is 0.232 e. The molecule has 0 bridgehead atoms. The monoisotopic (exact) mass is 388 g/mol. The Labute approximate surface area is 170 Å². The number of nitrogens with zero attached hydrogens (tertiary/aromatic N) is 4. The van der Waals surface area contributed by atoms with Gasteiger partial charge in [-0.1, -0.05) is 22.9 Å². The Balaban J connectivity index is 1.31. The van der Waals surface area contributed by atoms with Gasteiger partial charge in [0.05, 0.1) is 5.92 Å². The molecule has 1 amide bonds. The lowest BCUT2D eigenvalue weighted by atomic mass is 10.1. The van der Waals surface area contributed by atoms with Crippen molar-refractivity contribution in [1.29, 1.82) is 0 Å². The van der Waals surface area contributed by atoms with Gasteiger partial charge in [0.2, 0.25) is 17.6 Å². The lowest BCUT2D eigenvalue weighted by molar-refractivity contribution is -0.117.